The third-order valence-electron chi connectivity index (χ3n) is 2.48. The maximum absolute atomic E-state index is 11.4. The Balaban J connectivity index is 2.29. The van der Waals surface area contributed by atoms with Crippen molar-refractivity contribution >= 4 is 11.6 Å². The first-order chi connectivity index (χ1) is 9.08. The number of hydrogen-bond acceptors (Lipinski definition) is 3. The van der Waals surface area contributed by atoms with Crippen LogP contribution >= 0.6 is 0 Å². The molecule has 2 N–H and O–H groups in total. The average molecular weight is 255 g/mol. The molecule has 0 saturated carbocycles. The molecule has 0 unspecified atom stereocenters. The van der Waals surface area contributed by atoms with Gasteiger partial charge in [0.25, 0.3) is 5.56 Å². The van der Waals surface area contributed by atoms with Crippen LogP contribution in [0.15, 0.2) is 47.8 Å². The Bertz CT molecular complexity index is 672. The van der Waals surface area contributed by atoms with E-state index in [4.69, 9.17) is 0 Å². The van der Waals surface area contributed by atoms with E-state index in [0.29, 0.717) is 17.2 Å². The number of nitrogens with one attached hydrogen (secondary N) is 2. The lowest BCUT2D eigenvalue weighted by atomic mass is 10.2. The zero-order valence-electron chi connectivity index (χ0n) is 10.4. The van der Waals surface area contributed by atoms with E-state index in [1.54, 1.807) is 31.2 Å². The van der Waals surface area contributed by atoms with E-state index in [1.807, 2.05) is 0 Å². The Morgan fingerprint density at radius 3 is 2.63 bits per heavy atom. The van der Waals surface area contributed by atoms with Gasteiger partial charge in [-0.1, -0.05) is 6.58 Å². The molecule has 1 aromatic carbocycles. The van der Waals surface area contributed by atoms with Crippen LogP contribution in [0.1, 0.15) is 5.69 Å². The number of nitrogens with zero attached hydrogens (tertiary/aromatic N) is 1. The van der Waals surface area contributed by atoms with Crippen LogP contribution in [0.3, 0.4) is 0 Å². The van der Waals surface area contributed by atoms with E-state index in [2.05, 4.69) is 21.9 Å². The zero-order chi connectivity index (χ0) is 13.8. The fourth-order valence-corrected chi connectivity index (χ4v) is 1.62. The highest BCUT2D eigenvalue weighted by atomic mass is 16.1. The average Bonchev–Trinajstić information content (AvgIpc) is 2.38. The number of aromatic nitrogens is 2. The first kappa shape index (κ1) is 12.8. The van der Waals surface area contributed by atoms with Gasteiger partial charge in [-0.3, -0.25) is 9.59 Å². The first-order valence-electron chi connectivity index (χ1n) is 5.70. The summed E-state index contributed by atoms with van der Waals surface area (Å²) < 4.78 is 0. The van der Waals surface area contributed by atoms with Gasteiger partial charge in [0.2, 0.25) is 5.91 Å². The van der Waals surface area contributed by atoms with Crippen LogP contribution in [0.5, 0.6) is 0 Å². The maximum Gasteiger partial charge on any atom is 0.251 e. The molecule has 0 aliphatic heterocycles. The van der Waals surface area contributed by atoms with Crippen LogP contribution in [0, 0.1) is 6.92 Å². The molecule has 0 atom stereocenters. The highest BCUT2D eigenvalue weighted by Gasteiger charge is 2.03. The summed E-state index contributed by atoms with van der Waals surface area (Å²) in [4.78, 5) is 29.4. The summed E-state index contributed by atoms with van der Waals surface area (Å²) in [5.41, 5.74) is 1.90. The molecule has 0 aliphatic rings. The number of H-pyrrole nitrogens is 1. The Hall–Kier alpha value is -2.69. The van der Waals surface area contributed by atoms with E-state index in [0.717, 1.165) is 5.56 Å². The predicted molar refractivity (Wildman–Crippen MR) is 73.9 cm³/mol. The number of hydrogen-bond donors (Lipinski definition) is 2. The summed E-state index contributed by atoms with van der Waals surface area (Å²) in [5, 5.41) is 2.64. The Morgan fingerprint density at radius 1 is 1.37 bits per heavy atom. The summed E-state index contributed by atoms with van der Waals surface area (Å²) >= 11 is 0. The van der Waals surface area contributed by atoms with Gasteiger partial charge in [-0.2, -0.15) is 0 Å². The number of benzene rings is 1. The normalized spacial score (nSPS) is 9.95. The lowest BCUT2D eigenvalue weighted by Crippen LogP contribution is -2.09. The van der Waals surface area contributed by atoms with Gasteiger partial charge in [-0.05, 0) is 37.3 Å². The highest BCUT2D eigenvalue weighted by molar-refractivity contribution is 5.98. The van der Waals surface area contributed by atoms with Crippen molar-refractivity contribution in [2.24, 2.45) is 0 Å². The fraction of sp³-hybridized carbons (Fsp3) is 0.0714. The molecule has 1 amide bonds. The number of aryl methyl sites for hydroxylation is 1. The van der Waals surface area contributed by atoms with Crippen molar-refractivity contribution in [1.29, 1.82) is 0 Å². The van der Waals surface area contributed by atoms with Gasteiger partial charge >= 0.3 is 0 Å². The van der Waals surface area contributed by atoms with Crippen molar-refractivity contribution in [3.8, 4) is 11.4 Å². The van der Waals surface area contributed by atoms with Gasteiger partial charge in [0, 0.05) is 23.0 Å². The first-order valence-corrected chi connectivity index (χ1v) is 5.70. The largest absolute Gasteiger partial charge is 0.323 e. The molecule has 2 rings (SSSR count). The third-order valence-corrected chi connectivity index (χ3v) is 2.48. The minimum Gasteiger partial charge on any atom is -0.323 e. The molecule has 19 heavy (non-hydrogen) atoms. The minimum atomic E-state index is -0.269. The molecule has 5 nitrogen and oxygen atoms in total. The number of carbonyl (C=O) groups is 1. The van der Waals surface area contributed by atoms with Crippen molar-refractivity contribution < 1.29 is 4.79 Å². The summed E-state index contributed by atoms with van der Waals surface area (Å²) in [6.07, 6.45) is 1.20. The van der Waals surface area contributed by atoms with Crippen LogP contribution in [-0.2, 0) is 4.79 Å². The highest BCUT2D eigenvalue weighted by Crippen LogP contribution is 2.17. The van der Waals surface area contributed by atoms with Crippen molar-refractivity contribution in [3.05, 3.63) is 59.0 Å². The number of anilines is 1. The molecule has 96 valence electrons. The van der Waals surface area contributed by atoms with E-state index in [-0.39, 0.29) is 11.5 Å². The zero-order valence-corrected chi connectivity index (χ0v) is 10.4. The van der Waals surface area contributed by atoms with Gasteiger partial charge in [0.1, 0.15) is 5.82 Å². The molecule has 0 saturated heterocycles. The molecule has 0 radical (unpaired) electrons. The Kier molecular flexibility index (Phi) is 3.56. The molecule has 0 aliphatic carbocycles. The minimum absolute atomic E-state index is 0.188. The topological polar surface area (TPSA) is 74.8 Å². The molecule has 0 spiro atoms. The monoisotopic (exact) mass is 255 g/mol. The second-order valence-electron chi connectivity index (χ2n) is 4.01. The van der Waals surface area contributed by atoms with E-state index in [1.165, 1.54) is 12.1 Å². The number of aromatic amines is 1. The van der Waals surface area contributed by atoms with Crippen molar-refractivity contribution in [3.63, 3.8) is 0 Å². The molecule has 1 aromatic heterocycles. The van der Waals surface area contributed by atoms with Crippen LogP contribution in [0.25, 0.3) is 11.4 Å². The SMILES string of the molecule is C=CC(=O)Nc1ccc(-c2nc(C)cc(=O)[nH]2)cc1. The third kappa shape index (κ3) is 3.16. The second kappa shape index (κ2) is 5.30. The smallest absolute Gasteiger partial charge is 0.251 e. The summed E-state index contributed by atoms with van der Waals surface area (Å²) in [5.74, 6) is 0.237. The Morgan fingerprint density at radius 2 is 2.05 bits per heavy atom. The summed E-state index contributed by atoms with van der Waals surface area (Å²) in [6, 6.07) is 8.45. The van der Waals surface area contributed by atoms with Gasteiger partial charge in [0.05, 0.1) is 0 Å². The van der Waals surface area contributed by atoms with Gasteiger partial charge in [-0.15, -0.1) is 0 Å². The number of carbonyl (C=O) groups excluding carboxylic acids is 1. The quantitative estimate of drug-likeness (QED) is 0.822. The van der Waals surface area contributed by atoms with Crippen molar-refractivity contribution in [1.82, 2.24) is 9.97 Å². The molecular formula is C14H13N3O2. The van der Waals surface area contributed by atoms with Crippen LogP contribution < -0.4 is 10.9 Å². The van der Waals surface area contributed by atoms with Crippen molar-refractivity contribution in [2.45, 2.75) is 6.92 Å². The fourth-order valence-electron chi connectivity index (χ4n) is 1.62. The van der Waals surface area contributed by atoms with E-state index < -0.39 is 0 Å². The molecule has 0 fully saturated rings. The molecular weight excluding hydrogens is 242 g/mol. The second-order valence-corrected chi connectivity index (χ2v) is 4.01. The number of rotatable bonds is 3. The van der Waals surface area contributed by atoms with Crippen LogP contribution in [0.2, 0.25) is 0 Å². The summed E-state index contributed by atoms with van der Waals surface area (Å²) in [6.45, 7) is 5.14. The van der Waals surface area contributed by atoms with Crippen LogP contribution in [0.4, 0.5) is 5.69 Å². The molecule has 2 aromatic rings. The van der Waals surface area contributed by atoms with E-state index in [9.17, 15) is 9.59 Å². The standard InChI is InChI=1S/C14H13N3O2/c1-3-12(18)16-11-6-4-10(5-7-11)14-15-9(2)8-13(19)17-14/h3-8H,1H2,2H3,(H,16,18)(H,15,17,19). The maximum atomic E-state index is 11.4. The van der Waals surface area contributed by atoms with Crippen molar-refractivity contribution in [2.75, 3.05) is 5.32 Å². The predicted octanol–water partition coefficient (Wildman–Crippen LogP) is 1.87. The van der Waals surface area contributed by atoms with Gasteiger partial charge < -0.3 is 10.3 Å². The summed E-state index contributed by atoms with van der Waals surface area (Å²) in [7, 11) is 0. The lowest BCUT2D eigenvalue weighted by Gasteiger charge is -2.05. The van der Waals surface area contributed by atoms with Crippen LogP contribution in [-0.4, -0.2) is 15.9 Å². The molecule has 5 heteroatoms. The molecule has 1 heterocycles. The molecule has 0 bridgehead atoms. The number of amides is 1. The lowest BCUT2D eigenvalue weighted by molar-refractivity contribution is -0.111. The Labute approximate surface area is 110 Å². The van der Waals surface area contributed by atoms with Gasteiger partial charge in [0.15, 0.2) is 0 Å². The van der Waals surface area contributed by atoms with Gasteiger partial charge in [-0.25, -0.2) is 4.98 Å². The van der Waals surface area contributed by atoms with E-state index >= 15 is 0 Å².